The summed E-state index contributed by atoms with van der Waals surface area (Å²) >= 11 is 2.12. The Morgan fingerprint density at radius 1 is 0.694 bits per heavy atom. The molecular formula is C20H10F6N6O2S2. The summed E-state index contributed by atoms with van der Waals surface area (Å²) in [6, 6.07) is 7.55. The summed E-state index contributed by atoms with van der Waals surface area (Å²) in [5.41, 5.74) is -3.28. The number of hydrogen-bond acceptors (Lipinski definition) is 6. The third-order valence-electron chi connectivity index (χ3n) is 4.88. The highest BCUT2D eigenvalue weighted by molar-refractivity contribution is 7.14. The van der Waals surface area contributed by atoms with Gasteiger partial charge in [0.1, 0.15) is 21.4 Å². The highest BCUT2D eigenvalue weighted by Gasteiger charge is 2.35. The van der Waals surface area contributed by atoms with Crippen LogP contribution in [0.3, 0.4) is 0 Å². The highest BCUT2D eigenvalue weighted by atomic mass is 32.1. The Labute approximate surface area is 203 Å². The molecule has 5 aromatic rings. The van der Waals surface area contributed by atoms with E-state index in [1.165, 1.54) is 10.8 Å². The van der Waals surface area contributed by atoms with Crippen LogP contribution in [0, 0.1) is 0 Å². The normalized spacial score (nSPS) is 12.4. The standard InChI is InChI=1S/C20H10F6N6O2S2/c21-19(22,23)11-5-15(33)31(29-11)13-7-35-17(27-13)9-3-1-2-4-10(9)18-28-14(8-36-18)32-16(34)6-12(30-32)20(24,25)26/h1-8,29-30H. The second-order valence-corrected chi connectivity index (χ2v) is 8.97. The molecule has 186 valence electrons. The molecular weight excluding hydrogens is 534 g/mol. The van der Waals surface area contributed by atoms with E-state index in [0.717, 1.165) is 22.7 Å². The summed E-state index contributed by atoms with van der Waals surface area (Å²) in [7, 11) is 0. The Kier molecular flexibility index (Phi) is 5.51. The van der Waals surface area contributed by atoms with Crippen molar-refractivity contribution in [3.05, 3.63) is 79.3 Å². The molecule has 16 heteroatoms. The molecule has 0 saturated heterocycles. The smallest absolute Gasteiger partial charge is 0.285 e. The third kappa shape index (κ3) is 4.28. The van der Waals surface area contributed by atoms with Crippen molar-refractivity contribution in [3.8, 4) is 32.8 Å². The number of H-pyrrole nitrogens is 2. The molecule has 8 nitrogen and oxygen atoms in total. The molecule has 0 aliphatic carbocycles. The van der Waals surface area contributed by atoms with E-state index in [1.807, 2.05) is 10.2 Å². The zero-order chi connectivity index (χ0) is 25.8. The number of nitrogens with zero attached hydrogens (tertiary/aromatic N) is 4. The van der Waals surface area contributed by atoms with Gasteiger partial charge < -0.3 is 0 Å². The van der Waals surface area contributed by atoms with Crippen LogP contribution >= 0.6 is 22.7 Å². The summed E-state index contributed by atoms with van der Waals surface area (Å²) in [4.78, 5) is 32.6. The van der Waals surface area contributed by atoms with Gasteiger partial charge in [-0.15, -0.1) is 22.7 Å². The lowest BCUT2D eigenvalue weighted by molar-refractivity contribution is -0.142. The minimum absolute atomic E-state index is 0.0530. The lowest BCUT2D eigenvalue weighted by Crippen LogP contribution is -2.14. The number of rotatable bonds is 4. The van der Waals surface area contributed by atoms with Gasteiger partial charge in [-0.2, -0.15) is 26.3 Å². The first-order valence-corrected chi connectivity index (χ1v) is 11.5. The van der Waals surface area contributed by atoms with Gasteiger partial charge in [0.15, 0.2) is 11.6 Å². The van der Waals surface area contributed by atoms with Crippen LogP contribution < -0.4 is 11.1 Å². The minimum Gasteiger partial charge on any atom is -0.285 e. The average molecular weight is 544 g/mol. The molecule has 0 radical (unpaired) electrons. The van der Waals surface area contributed by atoms with Crippen molar-refractivity contribution in [1.29, 1.82) is 0 Å². The molecule has 5 rings (SSSR count). The van der Waals surface area contributed by atoms with Crippen molar-refractivity contribution in [2.75, 3.05) is 0 Å². The minimum atomic E-state index is -4.74. The predicted molar refractivity (Wildman–Crippen MR) is 119 cm³/mol. The predicted octanol–water partition coefficient (Wildman–Crippen LogP) is 4.93. The van der Waals surface area contributed by atoms with Crippen LogP contribution in [0.1, 0.15) is 11.4 Å². The van der Waals surface area contributed by atoms with E-state index in [2.05, 4.69) is 9.97 Å². The van der Waals surface area contributed by atoms with Gasteiger partial charge >= 0.3 is 12.4 Å². The molecule has 0 unspecified atom stereocenters. The van der Waals surface area contributed by atoms with Crippen molar-refractivity contribution in [2.24, 2.45) is 0 Å². The zero-order valence-corrected chi connectivity index (χ0v) is 18.9. The third-order valence-corrected chi connectivity index (χ3v) is 6.61. The van der Waals surface area contributed by atoms with Gasteiger partial charge in [0, 0.05) is 34.0 Å². The van der Waals surface area contributed by atoms with Crippen molar-refractivity contribution in [3.63, 3.8) is 0 Å². The molecule has 2 N–H and O–H groups in total. The molecule has 4 heterocycles. The number of benzene rings is 1. The summed E-state index contributed by atoms with van der Waals surface area (Å²) < 4.78 is 78.9. The zero-order valence-electron chi connectivity index (χ0n) is 17.3. The van der Waals surface area contributed by atoms with E-state index in [4.69, 9.17) is 0 Å². The van der Waals surface area contributed by atoms with E-state index >= 15 is 0 Å². The lowest BCUT2D eigenvalue weighted by atomic mass is 10.1. The van der Waals surface area contributed by atoms with Crippen molar-refractivity contribution in [2.45, 2.75) is 12.4 Å². The first-order valence-electron chi connectivity index (χ1n) is 9.72. The van der Waals surface area contributed by atoms with Gasteiger partial charge in [0.2, 0.25) is 0 Å². The molecule has 0 amide bonds. The van der Waals surface area contributed by atoms with E-state index in [1.54, 1.807) is 24.3 Å². The van der Waals surface area contributed by atoms with Gasteiger partial charge in [-0.05, 0) is 0 Å². The number of alkyl halides is 6. The molecule has 1 aromatic carbocycles. The fourth-order valence-electron chi connectivity index (χ4n) is 3.26. The lowest BCUT2D eigenvalue weighted by Gasteiger charge is -2.04. The van der Waals surface area contributed by atoms with Crippen LogP contribution in [0.25, 0.3) is 32.8 Å². The maximum Gasteiger partial charge on any atom is 0.432 e. The molecule has 0 spiro atoms. The second kappa shape index (κ2) is 8.34. The van der Waals surface area contributed by atoms with Crippen molar-refractivity contribution in [1.82, 2.24) is 29.5 Å². The molecule has 0 aliphatic heterocycles. The van der Waals surface area contributed by atoms with E-state index < -0.39 is 34.9 Å². The number of hydrogen-bond donors (Lipinski definition) is 2. The fraction of sp³-hybridized carbons (Fsp3) is 0.100. The fourth-order valence-corrected chi connectivity index (χ4v) is 4.91. The van der Waals surface area contributed by atoms with Crippen molar-refractivity contribution >= 4 is 22.7 Å². The quantitative estimate of drug-likeness (QED) is 0.314. The Hall–Kier alpha value is -3.92. The first-order chi connectivity index (χ1) is 16.9. The summed E-state index contributed by atoms with van der Waals surface area (Å²) in [5.74, 6) is -0.106. The van der Waals surface area contributed by atoms with E-state index in [0.29, 0.717) is 42.6 Å². The number of thiazole rings is 2. The molecule has 36 heavy (non-hydrogen) atoms. The van der Waals surface area contributed by atoms with Crippen LogP contribution in [0.5, 0.6) is 0 Å². The number of aromatic amines is 2. The van der Waals surface area contributed by atoms with Crippen LogP contribution in [-0.4, -0.2) is 29.5 Å². The van der Waals surface area contributed by atoms with Crippen LogP contribution in [0.4, 0.5) is 26.3 Å². The molecule has 4 aromatic heterocycles. The van der Waals surface area contributed by atoms with Gasteiger partial charge in [-0.3, -0.25) is 19.8 Å². The summed E-state index contributed by atoms with van der Waals surface area (Å²) in [6.45, 7) is 0. The van der Waals surface area contributed by atoms with E-state index in [9.17, 15) is 35.9 Å². The monoisotopic (exact) mass is 544 g/mol. The van der Waals surface area contributed by atoms with Gasteiger partial charge in [-0.25, -0.2) is 19.3 Å². The largest absolute Gasteiger partial charge is 0.432 e. The van der Waals surface area contributed by atoms with Crippen molar-refractivity contribution < 1.29 is 26.3 Å². The van der Waals surface area contributed by atoms with Crippen LogP contribution in [0.15, 0.2) is 56.7 Å². The summed E-state index contributed by atoms with van der Waals surface area (Å²) in [6.07, 6.45) is -9.47. The SMILES string of the molecule is O=c1cc(C(F)(F)F)[nH]n1-c1csc(-c2ccccc2-c2nc(-n3[nH]c(C(F)(F)F)cc3=O)cs2)n1. The topological polar surface area (TPSA) is 101 Å². The number of halogens is 6. The van der Waals surface area contributed by atoms with Gasteiger partial charge in [0.05, 0.1) is 0 Å². The Balaban J connectivity index is 1.51. The van der Waals surface area contributed by atoms with E-state index in [-0.39, 0.29) is 11.6 Å². The molecule has 0 fully saturated rings. The van der Waals surface area contributed by atoms with Crippen LogP contribution in [-0.2, 0) is 12.4 Å². The Bertz CT molecular complexity index is 1560. The Morgan fingerprint density at radius 3 is 1.42 bits per heavy atom. The first kappa shape index (κ1) is 23.8. The average Bonchev–Trinajstić information content (AvgIpc) is 3.58. The molecule has 0 saturated carbocycles. The molecule has 0 bridgehead atoms. The van der Waals surface area contributed by atoms with Gasteiger partial charge in [0.25, 0.3) is 11.1 Å². The molecule has 0 aliphatic rings. The second-order valence-electron chi connectivity index (χ2n) is 7.25. The molecule has 0 atom stereocenters. The Morgan fingerprint density at radius 2 is 1.08 bits per heavy atom. The number of aromatic nitrogens is 6. The highest BCUT2D eigenvalue weighted by Crippen LogP contribution is 2.36. The van der Waals surface area contributed by atoms with Crippen LogP contribution in [0.2, 0.25) is 0 Å². The maximum absolute atomic E-state index is 12.9. The maximum atomic E-state index is 12.9. The summed E-state index contributed by atoms with van der Waals surface area (Å²) in [5, 5.41) is 7.47. The van der Waals surface area contributed by atoms with Gasteiger partial charge in [-0.1, -0.05) is 24.3 Å². The number of nitrogens with one attached hydrogen (secondary N) is 2.